The molecule has 1 aliphatic rings. The molecule has 0 saturated carbocycles. The third-order valence-electron chi connectivity index (χ3n) is 4.23. The Bertz CT molecular complexity index is 515. The second-order valence-corrected chi connectivity index (χ2v) is 5.85. The van der Waals surface area contributed by atoms with Gasteiger partial charge in [0.05, 0.1) is 14.2 Å². The van der Waals surface area contributed by atoms with Crippen molar-refractivity contribution in [1.29, 1.82) is 0 Å². The molecule has 0 atom stereocenters. The minimum absolute atomic E-state index is 0. The first-order valence-electron chi connectivity index (χ1n) is 7.89. The van der Waals surface area contributed by atoms with Crippen molar-refractivity contribution < 1.29 is 9.47 Å². The number of nitrogens with two attached hydrogens (primary N) is 1. The molecule has 1 heterocycles. The average molecular weight is 433 g/mol. The van der Waals surface area contributed by atoms with Gasteiger partial charge in [-0.05, 0) is 42.9 Å². The van der Waals surface area contributed by atoms with Crippen molar-refractivity contribution in [3.8, 4) is 11.5 Å². The summed E-state index contributed by atoms with van der Waals surface area (Å²) >= 11 is 0. The maximum absolute atomic E-state index is 6.09. The summed E-state index contributed by atoms with van der Waals surface area (Å²) in [4.78, 5) is 6.70. The first-order chi connectivity index (χ1) is 10.6. The Morgan fingerprint density at radius 3 is 2.48 bits per heavy atom. The van der Waals surface area contributed by atoms with E-state index in [1.165, 1.54) is 18.4 Å². The molecule has 1 aromatic rings. The van der Waals surface area contributed by atoms with Gasteiger partial charge in [-0.1, -0.05) is 13.0 Å². The summed E-state index contributed by atoms with van der Waals surface area (Å²) < 4.78 is 10.6. The van der Waals surface area contributed by atoms with E-state index in [2.05, 4.69) is 16.8 Å². The van der Waals surface area contributed by atoms with Gasteiger partial charge in [0.1, 0.15) is 0 Å². The molecule has 1 aromatic carbocycles. The van der Waals surface area contributed by atoms with Crippen LogP contribution in [0.15, 0.2) is 23.2 Å². The van der Waals surface area contributed by atoms with E-state index in [0.717, 1.165) is 36.9 Å². The Kier molecular flexibility index (Phi) is 8.51. The van der Waals surface area contributed by atoms with E-state index in [1.807, 2.05) is 18.2 Å². The molecule has 1 aliphatic heterocycles. The topological polar surface area (TPSA) is 60.1 Å². The Morgan fingerprint density at radius 1 is 1.22 bits per heavy atom. The fourth-order valence-corrected chi connectivity index (χ4v) is 2.67. The monoisotopic (exact) mass is 433 g/mol. The molecular formula is C17H28IN3O2. The van der Waals surface area contributed by atoms with Crippen LogP contribution in [-0.2, 0) is 6.42 Å². The van der Waals surface area contributed by atoms with Gasteiger partial charge >= 0.3 is 0 Å². The van der Waals surface area contributed by atoms with Crippen molar-refractivity contribution in [1.82, 2.24) is 4.90 Å². The molecule has 6 heteroatoms. The maximum atomic E-state index is 6.09. The fraction of sp³-hybridized carbons (Fsp3) is 0.588. The number of likely N-dealkylation sites (tertiary alicyclic amines) is 1. The summed E-state index contributed by atoms with van der Waals surface area (Å²) in [5.74, 6) is 2.97. The highest BCUT2D eigenvalue weighted by Gasteiger charge is 2.16. The normalized spacial score (nSPS) is 16.0. The lowest BCUT2D eigenvalue weighted by atomic mass is 10.00. The van der Waals surface area contributed by atoms with Crippen molar-refractivity contribution in [2.45, 2.75) is 26.2 Å². The number of rotatable bonds is 5. The van der Waals surface area contributed by atoms with Crippen LogP contribution in [0.25, 0.3) is 0 Å². The standard InChI is InChI=1S/C17H27N3O2.HI/c1-13-7-10-20(11-8-13)17(18)19-9-6-14-4-5-15(21-2)16(12-14)22-3;/h4-5,12-13H,6-11H2,1-3H3,(H2,18,19);1H. The number of aliphatic imine (C=N–C) groups is 1. The molecule has 23 heavy (non-hydrogen) atoms. The SMILES string of the molecule is COc1ccc(CCN=C(N)N2CCC(C)CC2)cc1OC.I. The van der Waals surface area contributed by atoms with Gasteiger partial charge in [-0.15, -0.1) is 24.0 Å². The predicted molar refractivity (Wildman–Crippen MR) is 105 cm³/mol. The number of hydrogen-bond acceptors (Lipinski definition) is 3. The maximum Gasteiger partial charge on any atom is 0.191 e. The van der Waals surface area contributed by atoms with E-state index >= 15 is 0 Å². The van der Waals surface area contributed by atoms with E-state index < -0.39 is 0 Å². The van der Waals surface area contributed by atoms with Crippen LogP contribution in [0.1, 0.15) is 25.3 Å². The number of piperidine rings is 1. The van der Waals surface area contributed by atoms with Gasteiger partial charge in [-0.25, -0.2) is 0 Å². The zero-order valence-electron chi connectivity index (χ0n) is 14.2. The molecule has 0 unspecified atom stereocenters. The lowest BCUT2D eigenvalue weighted by Crippen LogP contribution is -2.42. The Hall–Kier alpha value is -1.18. The Morgan fingerprint density at radius 2 is 1.87 bits per heavy atom. The highest BCUT2D eigenvalue weighted by atomic mass is 127. The van der Waals surface area contributed by atoms with Crippen LogP contribution in [0.3, 0.4) is 0 Å². The van der Waals surface area contributed by atoms with Gasteiger partial charge in [-0.3, -0.25) is 4.99 Å². The number of halogens is 1. The molecule has 0 aliphatic carbocycles. The van der Waals surface area contributed by atoms with Gasteiger partial charge in [0.15, 0.2) is 17.5 Å². The second-order valence-electron chi connectivity index (χ2n) is 5.85. The zero-order valence-corrected chi connectivity index (χ0v) is 16.6. The van der Waals surface area contributed by atoms with Gasteiger partial charge in [-0.2, -0.15) is 0 Å². The molecule has 0 aromatic heterocycles. The average Bonchev–Trinajstić information content (AvgIpc) is 2.55. The minimum atomic E-state index is 0. The molecule has 2 rings (SSSR count). The van der Waals surface area contributed by atoms with Crippen LogP contribution < -0.4 is 15.2 Å². The van der Waals surface area contributed by atoms with Crippen LogP contribution in [0.2, 0.25) is 0 Å². The van der Waals surface area contributed by atoms with E-state index in [9.17, 15) is 0 Å². The van der Waals surface area contributed by atoms with E-state index in [-0.39, 0.29) is 24.0 Å². The van der Waals surface area contributed by atoms with Crippen LogP contribution in [0.5, 0.6) is 11.5 Å². The van der Waals surface area contributed by atoms with E-state index in [4.69, 9.17) is 15.2 Å². The number of ether oxygens (including phenoxy) is 2. The number of guanidine groups is 1. The Balaban J connectivity index is 0.00000264. The lowest BCUT2D eigenvalue weighted by molar-refractivity contribution is 0.277. The lowest BCUT2D eigenvalue weighted by Gasteiger charge is -2.31. The highest BCUT2D eigenvalue weighted by molar-refractivity contribution is 14.0. The third-order valence-corrected chi connectivity index (χ3v) is 4.23. The number of nitrogens with zero attached hydrogens (tertiary/aromatic N) is 2. The summed E-state index contributed by atoms with van der Waals surface area (Å²) in [5.41, 5.74) is 7.26. The zero-order chi connectivity index (χ0) is 15.9. The van der Waals surface area contributed by atoms with Crippen LogP contribution in [-0.4, -0.2) is 44.7 Å². The molecule has 2 N–H and O–H groups in total. The van der Waals surface area contributed by atoms with Crippen LogP contribution in [0, 0.1) is 5.92 Å². The molecule has 1 saturated heterocycles. The predicted octanol–water partition coefficient (Wildman–Crippen LogP) is 2.91. The van der Waals surface area contributed by atoms with Crippen molar-refractivity contribution >= 4 is 29.9 Å². The van der Waals surface area contributed by atoms with E-state index in [1.54, 1.807) is 14.2 Å². The van der Waals surface area contributed by atoms with Crippen molar-refractivity contribution in [3.05, 3.63) is 23.8 Å². The van der Waals surface area contributed by atoms with E-state index in [0.29, 0.717) is 12.5 Å². The number of methoxy groups -OCH3 is 2. The third kappa shape index (κ3) is 5.75. The molecule has 1 fully saturated rings. The smallest absolute Gasteiger partial charge is 0.191 e. The molecule has 0 radical (unpaired) electrons. The summed E-state index contributed by atoms with van der Waals surface area (Å²) in [6.45, 7) is 5.02. The van der Waals surface area contributed by atoms with Crippen LogP contribution >= 0.6 is 24.0 Å². The van der Waals surface area contributed by atoms with Gasteiger partial charge in [0, 0.05) is 19.6 Å². The fourth-order valence-electron chi connectivity index (χ4n) is 2.67. The summed E-state index contributed by atoms with van der Waals surface area (Å²) in [6, 6.07) is 5.95. The number of benzene rings is 1. The molecule has 5 nitrogen and oxygen atoms in total. The largest absolute Gasteiger partial charge is 0.493 e. The summed E-state index contributed by atoms with van der Waals surface area (Å²) in [7, 11) is 3.29. The minimum Gasteiger partial charge on any atom is -0.493 e. The quantitative estimate of drug-likeness (QED) is 0.441. The first-order valence-corrected chi connectivity index (χ1v) is 7.89. The highest BCUT2D eigenvalue weighted by Crippen LogP contribution is 2.27. The van der Waals surface area contributed by atoms with Crippen LogP contribution in [0.4, 0.5) is 0 Å². The second kappa shape index (κ2) is 9.85. The number of hydrogen-bond donors (Lipinski definition) is 1. The van der Waals surface area contributed by atoms with Gasteiger partial charge < -0.3 is 20.1 Å². The van der Waals surface area contributed by atoms with Gasteiger partial charge in [0.2, 0.25) is 0 Å². The molecule has 0 bridgehead atoms. The van der Waals surface area contributed by atoms with Crippen molar-refractivity contribution in [2.75, 3.05) is 33.9 Å². The molecular weight excluding hydrogens is 405 g/mol. The molecule has 130 valence electrons. The molecule has 0 amide bonds. The summed E-state index contributed by atoms with van der Waals surface area (Å²) in [5, 5.41) is 0. The van der Waals surface area contributed by atoms with Crippen molar-refractivity contribution in [2.24, 2.45) is 16.6 Å². The molecule has 0 spiro atoms. The Labute approximate surface area is 156 Å². The summed E-state index contributed by atoms with van der Waals surface area (Å²) in [6.07, 6.45) is 3.24. The first kappa shape index (κ1) is 19.9. The van der Waals surface area contributed by atoms with Crippen molar-refractivity contribution in [3.63, 3.8) is 0 Å². The van der Waals surface area contributed by atoms with Gasteiger partial charge in [0.25, 0.3) is 0 Å².